The minimum absolute atomic E-state index is 0.0481. The maximum Gasteiger partial charge on any atom is 0.311 e. The fourth-order valence-corrected chi connectivity index (χ4v) is 2.85. The van der Waals surface area contributed by atoms with Crippen molar-refractivity contribution in [2.75, 3.05) is 13.1 Å². The number of likely N-dealkylation sites (tertiary alicyclic amines) is 1. The average Bonchev–Trinajstić information content (AvgIpc) is 2.85. The number of amides is 1. The number of aryl methyl sites for hydroxylation is 1. The molecule has 0 aliphatic carbocycles. The highest BCUT2D eigenvalue weighted by Crippen LogP contribution is 2.31. The van der Waals surface area contributed by atoms with Gasteiger partial charge in [-0.15, -0.1) is 11.3 Å². The summed E-state index contributed by atoms with van der Waals surface area (Å²) in [6.07, 6.45) is 0.526. The molecule has 1 aromatic rings. The molecule has 4 nitrogen and oxygen atoms in total. The van der Waals surface area contributed by atoms with Crippen LogP contribution in [0.1, 0.15) is 27.9 Å². The summed E-state index contributed by atoms with van der Waals surface area (Å²) in [6, 6.07) is 3.71. The Balaban J connectivity index is 2.11. The van der Waals surface area contributed by atoms with Crippen LogP contribution >= 0.6 is 11.3 Å². The molecule has 1 fully saturated rings. The largest absolute Gasteiger partial charge is 0.481 e. The van der Waals surface area contributed by atoms with E-state index in [2.05, 4.69) is 0 Å². The second-order valence-corrected chi connectivity index (χ2v) is 6.04. The third-order valence-electron chi connectivity index (χ3n) is 3.23. The van der Waals surface area contributed by atoms with E-state index in [4.69, 9.17) is 5.11 Å². The molecule has 0 radical (unpaired) electrons. The molecule has 1 atom stereocenters. The Morgan fingerprint density at radius 2 is 2.18 bits per heavy atom. The molecule has 0 spiro atoms. The number of carboxylic acid groups (broad SMARTS) is 1. The second-order valence-electron chi connectivity index (χ2n) is 4.75. The monoisotopic (exact) mass is 253 g/mol. The summed E-state index contributed by atoms with van der Waals surface area (Å²) in [5, 5.41) is 9.11. The van der Waals surface area contributed by atoms with E-state index >= 15 is 0 Å². The van der Waals surface area contributed by atoms with E-state index in [0.717, 1.165) is 4.88 Å². The van der Waals surface area contributed by atoms with E-state index in [-0.39, 0.29) is 5.91 Å². The van der Waals surface area contributed by atoms with E-state index in [0.29, 0.717) is 24.4 Å². The van der Waals surface area contributed by atoms with Gasteiger partial charge in [0.25, 0.3) is 5.91 Å². The van der Waals surface area contributed by atoms with Gasteiger partial charge < -0.3 is 10.0 Å². The summed E-state index contributed by atoms with van der Waals surface area (Å²) in [5.41, 5.74) is -0.790. The molecule has 0 saturated carbocycles. The average molecular weight is 253 g/mol. The summed E-state index contributed by atoms with van der Waals surface area (Å²) in [7, 11) is 0. The van der Waals surface area contributed by atoms with Crippen molar-refractivity contribution in [3.05, 3.63) is 21.9 Å². The van der Waals surface area contributed by atoms with Crippen molar-refractivity contribution in [2.24, 2.45) is 5.41 Å². The first-order valence-electron chi connectivity index (χ1n) is 5.51. The van der Waals surface area contributed by atoms with Crippen LogP contribution in [0.3, 0.4) is 0 Å². The molecule has 5 heteroatoms. The molecule has 92 valence electrons. The van der Waals surface area contributed by atoms with Crippen molar-refractivity contribution >= 4 is 23.2 Å². The van der Waals surface area contributed by atoms with Crippen LogP contribution in [-0.4, -0.2) is 35.0 Å². The first-order chi connectivity index (χ1) is 7.92. The number of hydrogen-bond acceptors (Lipinski definition) is 3. The smallest absolute Gasteiger partial charge is 0.311 e. The van der Waals surface area contributed by atoms with E-state index in [9.17, 15) is 9.59 Å². The van der Waals surface area contributed by atoms with Crippen molar-refractivity contribution in [3.8, 4) is 0 Å². The van der Waals surface area contributed by atoms with Crippen LogP contribution in [0.15, 0.2) is 12.1 Å². The van der Waals surface area contributed by atoms with E-state index in [1.54, 1.807) is 17.9 Å². The minimum Gasteiger partial charge on any atom is -0.481 e. The van der Waals surface area contributed by atoms with Crippen LogP contribution in [0.5, 0.6) is 0 Å². The molecule has 2 heterocycles. The van der Waals surface area contributed by atoms with Gasteiger partial charge in [0.2, 0.25) is 0 Å². The second kappa shape index (κ2) is 4.14. The maximum atomic E-state index is 12.1. The zero-order chi connectivity index (χ0) is 12.6. The fraction of sp³-hybridized carbons (Fsp3) is 0.500. The third kappa shape index (κ3) is 2.20. The molecule has 17 heavy (non-hydrogen) atoms. The van der Waals surface area contributed by atoms with Crippen LogP contribution in [0, 0.1) is 12.3 Å². The number of hydrogen-bond donors (Lipinski definition) is 1. The molecule has 1 N–H and O–H groups in total. The standard InChI is InChI=1S/C12H15NO3S/c1-8-3-4-9(17-8)10(14)13-6-5-12(2,7-13)11(15)16/h3-4H,5-7H2,1-2H3,(H,15,16)/t12-/m1/s1. The number of carboxylic acids is 1. The van der Waals surface area contributed by atoms with Gasteiger partial charge in [0.05, 0.1) is 10.3 Å². The first-order valence-corrected chi connectivity index (χ1v) is 6.33. The summed E-state index contributed by atoms with van der Waals surface area (Å²) in [5.74, 6) is -0.872. The predicted octanol–water partition coefficient (Wildman–Crippen LogP) is 1.99. The van der Waals surface area contributed by atoms with Gasteiger partial charge >= 0.3 is 5.97 Å². The molecule has 1 aromatic heterocycles. The predicted molar refractivity (Wildman–Crippen MR) is 65.3 cm³/mol. The van der Waals surface area contributed by atoms with Crippen molar-refractivity contribution < 1.29 is 14.7 Å². The lowest BCUT2D eigenvalue weighted by Crippen LogP contribution is -2.34. The molecular weight excluding hydrogens is 238 g/mol. The minimum atomic E-state index is -0.824. The van der Waals surface area contributed by atoms with Gasteiger partial charge in [-0.2, -0.15) is 0 Å². The summed E-state index contributed by atoms with van der Waals surface area (Å²) < 4.78 is 0. The van der Waals surface area contributed by atoms with Gasteiger partial charge in [0.15, 0.2) is 0 Å². The topological polar surface area (TPSA) is 57.6 Å². The Morgan fingerprint density at radius 1 is 1.47 bits per heavy atom. The number of carbonyl (C=O) groups is 2. The molecule has 1 aliphatic rings. The summed E-state index contributed by atoms with van der Waals surface area (Å²) in [4.78, 5) is 26.6. The van der Waals surface area contributed by atoms with Crippen molar-refractivity contribution in [3.63, 3.8) is 0 Å². The number of aliphatic carboxylic acids is 1. The Labute approximate surface area is 104 Å². The SMILES string of the molecule is Cc1ccc(C(=O)N2CC[C@@](C)(C(=O)O)C2)s1. The van der Waals surface area contributed by atoms with E-state index < -0.39 is 11.4 Å². The molecule has 2 rings (SSSR count). The molecule has 1 amide bonds. The normalized spacial score (nSPS) is 24.0. The van der Waals surface area contributed by atoms with E-state index in [1.165, 1.54) is 11.3 Å². The zero-order valence-corrected chi connectivity index (χ0v) is 10.7. The molecule has 1 saturated heterocycles. The highest BCUT2D eigenvalue weighted by Gasteiger charge is 2.42. The number of carbonyl (C=O) groups excluding carboxylic acids is 1. The van der Waals surface area contributed by atoms with Crippen molar-refractivity contribution in [1.82, 2.24) is 4.90 Å². The number of rotatable bonds is 2. The molecule has 1 aliphatic heterocycles. The highest BCUT2D eigenvalue weighted by atomic mass is 32.1. The van der Waals surface area contributed by atoms with Crippen LogP contribution in [-0.2, 0) is 4.79 Å². The lowest BCUT2D eigenvalue weighted by atomic mass is 9.90. The quantitative estimate of drug-likeness (QED) is 0.877. The van der Waals surface area contributed by atoms with Crippen molar-refractivity contribution in [1.29, 1.82) is 0 Å². The number of nitrogens with zero attached hydrogens (tertiary/aromatic N) is 1. The Hall–Kier alpha value is -1.36. The Kier molecular flexibility index (Phi) is 2.95. The van der Waals surface area contributed by atoms with Crippen LogP contribution in [0.4, 0.5) is 0 Å². The van der Waals surface area contributed by atoms with Gasteiger partial charge in [0, 0.05) is 18.0 Å². The Bertz CT molecular complexity index is 468. The fourth-order valence-electron chi connectivity index (χ4n) is 2.01. The molecule has 0 unspecified atom stereocenters. The van der Waals surface area contributed by atoms with Gasteiger partial charge in [-0.25, -0.2) is 0 Å². The Morgan fingerprint density at radius 3 is 2.65 bits per heavy atom. The lowest BCUT2D eigenvalue weighted by molar-refractivity contribution is -0.147. The molecule has 0 aromatic carbocycles. The number of thiophene rings is 1. The highest BCUT2D eigenvalue weighted by molar-refractivity contribution is 7.13. The van der Waals surface area contributed by atoms with Crippen molar-refractivity contribution in [2.45, 2.75) is 20.3 Å². The van der Waals surface area contributed by atoms with Crippen LogP contribution in [0.2, 0.25) is 0 Å². The van der Waals surface area contributed by atoms with Gasteiger partial charge in [0.1, 0.15) is 0 Å². The molecular formula is C12H15NO3S. The first kappa shape index (κ1) is 12.1. The van der Waals surface area contributed by atoms with Crippen LogP contribution < -0.4 is 0 Å². The summed E-state index contributed by atoms with van der Waals surface area (Å²) in [6.45, 7) is 4.48. The third-order valence-corrected chi connectivity index (χ3v) is 4.22. The zero-order valence-electron chi connectivity index (χ0n) is 9.90. The molecule has 0 bridgehead atoms. The van der Waals surface area contributed by atoms with E-state index in [1.807, 2.05) is 13.0 Å². The van der Waals surface area contributed by atoms with Crippen LogP contribution in [0.25, 0.3) is 0 Å². The maximum absolute atomic E-state index is 12.1. The van der Waals surface area contributed by atoms with Gasteiger partial charge in [-0.1, -0.05) is 0 Å². The van der Waals surface area contributed by atoms with Gasteiger partial charge in [-0.3, -0.25) is 9.59 Å². The van der Waals surface area contributed by atoms with Gasteiger partial charge in [-0.05, 0) is 32.4 Å². The summed E-state index contributed by atoms with van der Waals surface area (Å²) >= 11 is 1.45. The lowest BCUT2D eigenvalue weighted by Gasteiger charge is -2.19.